The summed E-state index contributed by atoms with van der Waals surface area (Å²) in [5, 5.41) is 8.85. The van der Waals surface area contributed by atoms with Gasteiger partial charge in [0, 0.05) is 0 Å². The van der Waals surface area contributed by atoms with Crippen molar-refractivity contribution < 1.29 is 9.84 Å². The quantitative estimate of drug-likeness (QED) is 0.609. The molecule has 0 aliphatic carbocycles. The number of aliphatic hydroxyl groups excluding tert-OH is 1. The molecule has 1 N–H and O–H groups in total. The molecule has 0 heterocycles. The number of allylic oxidation sites excluding steroid dienone is 2. The van der Waals surface area contributed by atoms with Gasteiger partial charge < -0.3 is 9.84 Å². The molecule has 58 valence electrons. The fourth-order valence-electron chi connectivity index (χ4n) is 0.649. The van der Waals surface area contributed by atoms with E-state index in [1.165, 1.54) is 0 Å². The van der Waals surface area contributed by atoms with Crippen molar-refractivity contribution in [2.24, 2.45) is 0 Å². The van der Waals surface area contributed by atoms with Crippen LogP contribution in [0.25, 0.3) is 0 Å². The molecule has 0 aromatic heterocycles. The van der Waals surface area contributed by atoms with Crippen LogP contribution in [0.2, 0.25) is 0 Å². The van der Waals surface area contributed by atoms with E-state index in [0.717, 1.165) is 0 Å². The Morgan fingerprint density at radius 1 is 1.60 bits per heavy atom. The van der Waals surface area contributed by atoms with Gasteiger partial charge in [-0.25, -0.2) is 0 Å². The predicted octanol–water partition coefficient (Wildman–Crippen LogP) is 1.82. The maximum atomic E-state index is 8.85. The number of rotatable bonds is 3. The van der Waals surface area contributed by atoms with E-state index in [0.29, 0.717) is 11.5 Å². The summed E-state index contributed by atoms with van der Waals surface area (Å²) in [6, 6.07) is 0. The predicted molar refractivity (Wildman–Crippen MR) is 41.3 cm³/mol. The Hall–Kier alpha value is -0.760. The molecule has 0 rings (SSSR count). The van der Waals surface area contributed by atoms with Gasteiger partial charge in [-0.15, -0.1) is 0 Å². The zero-order valence-electron chi connectivity index (χ0n) is 6.72. The van der Waals surface area contributed by atoms with Crippen LogP contribution in [-0.4, -0.2) is 11.2 Å². The lowest BCUT2D eigenvalue weighted by Gasteiger charge is -2.04. The molecule has 2 heteroatoms. The van der Waals surface area contributed by atoms with Gasteiger partial charge in [0.05, 0.1) is 17.6 Å². The Morgan fingerprint density at radius 2 is 2.10 bits per heavy atom. The third-order valence-corrected chi connectivity index (χ3v) is 0.811. The van der Waals surface area contributed by atoms with Gasteiger partial charge >= 0.3 is 0 Å². The lowest BCUT2D eigenvalue weighted by molar-refractivity contribution is 0.231. The first-order chi connectivity index (χ1) is 4.52. The van der Waals surface area contributed by atoms with Crippen LogP contribution in [0, 0.1) is 0 Å². The highest BCUT2D eigenvalue weighted by Gasteiger charge is 1.92. The van der Waals surface area contributed by atoms with Gasteiger partial charge in [-0.3, -0.25) is 0 Å². The van der Waals surface area contributed by atoms with Crippen LogP contribution in [0.4, 0.5) is 0 Å². The molecule has 1 atom stereocenters. The summed E-state index contributed by atoms with van der Waals surface area (Å²) in [6.45, 7) is 8.77. The summed E-state index contributed by atoms with van der Waals surface area (Å²) in [7, 11) is 0. The number of ether oxygens (including phenoxy) is 1. The van der Waals surface area contributed by atoms with Gasteiger partial charge in [0.1, 0.15) is 0 Å². The fraction of sp³-hybridized carbons (Fsp3) is 0.500. The Morgan fingerprint density at radius 3 is 2.40 bits per heavy atom. The molecule has 0 aromatic carbocycles. The molecule has 0 saturated carbocycles. The van der Waals surface area contributed by atoms with Gasteiger partial charge in [-0.05, 0) is 26.8 Å². The standard InChI is InChI=1S/C8H14O2/c1-6(2)10-8(4)5-7(3)9/h5,7,9H,1H2,2-4H3/b8-5-. The average Bonchev–Trinajstić information content (AvgIpc) is 1.58. The first-order valence-corrected chi connectivity index (χ1v) is 3.22. The molecule has 2 nitrogen and oxygen atoms in total. The maximum Gasteiger partial charge on any atom is 0.0990 e. The van der Waals surface area contributed by atoms with Gasteiger partial charge in [0.15, 0.2) is 0 Å². The van der Waals surface area contributed by atoms with E-state index in [1.54, 1.807) is 26.8 Å². The van der Waals surface area contributed by atoms with Crippen LogP contribution in [0.1, 0.15) is 20.8 Å². The smallest absolute Gasteiger partial charge is 0.0990 e. The summed E-state index contributed by atoms with van der Waals surface area (Å²) in [5.74, 6) is 1.32. The molecule has 0 aliphatic rings. The first-order valence-electron chi connectivity index (χ1n) is 3.22. The fourth-order valence-corrected chi connectivity index (χ4v) is 0.649. The van der Waals surface area contributed by atoms with Crippen LogP contribution in [-0.2, 0) is 4.74 Å². The lowest BCUT2D eigenvalue weighted by Crippen LogP contribution is -1.96. The van der Waals surface area contributed by atoms with Crippen molar-refractivity contribution in [3.8, 4) is 0 Å². The van der Waals surface area contributed by atoms with Crippen LogP contribution < -0.4 is 0 Å². The van der Waals surface area contributed by atoms with E-state index in [1.807, 2.05) is 0 Å². The summed E-state index contributed by atoms with van der Waals surface area (Å²) in [6.07, 6.45) is 1.16. The molecule has 0 amide bonds. The van der Waals surface area contributed by atoms with Crippen LogP contribution in [0.3, 0.4) is 0 Å². The summed E-state index contributed by atoms with van der Waals surface area (Å²) in [5.41, 5.74) is 0. The third-order valence-electron chi connectivity index (χ3n) is 0.811. The number of hydrogen-bond acceptors (Lipinski definition) is 2. The van der Waals surface area contributed by atoms with Crippen LogP contribution >= 0.6 is 0 Å². The van der Waals surface area contributed by atoms with Crippen molar-refractivity contribution in [3.05, 3.63) is 24.2 Å². The van der Waals surface area contributed by atoms with Crippen molar-refractivity contribution in [2.75, 3.05) is 0 Å². The molecule has 0 aliphatic heterocycles. The monoisotopic (exact) mass is 142 g/mol. The number of hydrogen-bond donors (Lipinski definition) is 1. The molecule has 10 heavy (non-hydrogen) atoms. The second kappa shape index (κ2) is 4.12. The largest absolute Gasteiger partial charge is 0.468 e. The SMILES string of the molecule is C=C(C)O/C(C)=C\C(C)O. The maximum absolute atomic E-state index is 8.85. The Balaban J connectivity index is 3.82. The minimum atomic E-state index is -0.459. The summed E-state index contributed by atoms with van der Waals surface area (Å²) in [4.78, 5) is 0. The molecule has 0 saturated heterocycles. The van der Waals surface area contributed by atoms with E-state index in [-0.39, 0.29) is 0 Å². The van der Waals surface area contributed by atoms with Gasteiger partial charge in [0.2, 0.25) is 0 Å². The zero-order valence-corrected chi connectivity index (χ0v) is 6.72. The van der Waals surface area contributed by atoms with Crippen molar-refractivity contribution in [1.29, 1.82) is 0 Å². The average molecular weight is 142 g/mol. The van der Waals surface area contributed by atoms with Crippen LogP contribution in [0.5, 0.6) is 0 Å². The third kappa shape index (κ3) is 5.38. The molecule has 0 aromatic rings. The normalized spacial score (nSPS) is 14.6. The van der Waals surface area contributed by atoms with Crippen molar-refractivity contribution >= 4 is 0 Å². The Kier molecular flexibility index (Phi) is 3.81. The van der Waals surface area contributed by atoms with Crippen molar-refractivity contribution in [3.63, 3.8) is 0 Å². The summed E-state index contributed by atoms with van der Waals surface area (Å²) >= 11 is 0. The Labute approximate surface area is 61.8 Å². The minimum absolute atomic E-state index is 0.459. The molecule has 0 radical (unpaired) electrons. The molecule has 0 fully saturated rings. The van der Waals surface area contributed by atoms with E-state index in [9.17, 15) is 0 Å². The molecule has 0 spiro atoms. The molecule has 0 bridgehead atoms. The van der Waals surface area contributed by atoms with Crippen molar-refractivity contribution in [2.45, 2.75) is 26.9 Å². The summed E-state index contributed by atoms with van der Waals surface area (Å²) < 4.78 is 5.07. The minimum Gasteiger partial charge on any atom is -0.468 e. The zero-order chi connectivity index (χ0) is 8.15. The van der Waals surface area contributed by atoms with Gasteiger partial charge in [0.25, 0.3) is 0 Å². The van der Waals surface area contributed by atoms with Crippen molar-refractivity contribution in [1.82, 2.24) is 0 Å². The highest BCUT2D eigenvalue weighted by molar-refractivity contribution is 4.96. The van der Waals surface area contributed by atoms with E-state index < -0.39 is 6.10 Å². The van der Waals surface area contributed by atoms with Gasteiger partial charge in [-0.2, -0.15) is 0 Å². The van der Waals surface area contributed by atoms with E-state index in [4.69, 9.17) is 9.84 Å². The van der Waals surface area contributed by atoms with E-state index in [2.05, 4.69) is 6.58 Å². The highest BCUT2D eigenvalue weighted by Crippen LogP contribution is 2.03. The first kappa shape index (κ1) is 9.24. The second-order valence-corrected chi connectivity index (χ2v) is 2.32. The second-order valence-electron chi connectivity index (χ2n) is 2.32. The topological polar surface area (TPSA) is 29.5 Å². The highest BCUT2D eigenvalue weighted by atomic mass is 16.5. The van der Waals surface area contributed by atoms with Crippen LogP contribution in [0.15, 0.2) is 24.2 Å². The molecule has 1 unspecified atom stereocenters. The molecular formula is C8H14O2. The lowest BCUT2D eigenvalue weighted by atomic mass is 10.3. The Bertz CT molecular complexity index is 145. The molecular weight excluding hydrogens is 128 g/mol. The van der Waals surface area contributed by atoms with Gasteiger partial charge in [-0.1, -0.05) is 6.58 Å². The van der Waals surface area contributed by atoms with E-state index >= 15 is 0 Å². The number of aliphatic hydroxyl groups is 1.